The average Bonchev–Trinajstić information content (AvgIpc) is 2.27. The fraction of sp³-hybridized carbons (Fsp3) is 0.467. The molecular weight excluding hydrogens is 208 g/mol. The van der Waals surface area contributed by atoms with Crippen molar-refractivity contribution >= 4 is 10.9 Å². The zero-order valence-corrected chi connectivity index (χ0v) is 11.5. The van der Waals surface area contributed by atoms with E-state index in [-0.39, 0.29) is 0 Å². The molecular formula is C15H20N2. The van der Waals surface area contributed by atoms with Crippen LogP contribution >= 0.6 is 0 Å². The number of nitrogens with zero attached hydrogens (tertiary/aromatic N) is 2. The molecule has 0 N–H and O–H groups in total. The molecule has 90 valence electrons. The first-order chi connectivity index (χ1) is 7.93. The quantitative estimate of drug-likeness (QED) is 0.737. The Labute approximate surface area is 103 Å². The predicted octanol–water partition coefficient (Wildman–Crippen LogP) is 3.99. The van der Waals surface area contributed by atoms with Gasteiger partial charge in [-0.2, -0.15) is 0 Å². The summed E-state index contributed by atoms with van der Waals surface area (Å²) in [7, 11) is 0. The molecule has 0 spiro atoms. The van der Waals surface area contributed by atoms with Crippen LogP contribution in [0.15, 0.2) is 6.20 Å². The molecule has 0 aliphatic carbocycles. The predicted molar refractivity (Wildman–Crippen MR) is 72.6 cm³/mol. The molecule has 0 unspecified atom stereocenters. The van der Waals surface area contributed by atoms with Crippen LogP contribution < -0.4 is 0 Å². The van der Waals surface area contributed by atoms with E-state index in [0.717, 1.165) is 11.3 Å². The molecule has 1 aromatic carbocycles. The van der Waals surface area contributed by atoms with Crippen molar-refractivity contribution in [1.82, 2.24) is 9.97 Å². The SMILES string of the molecule is Cc1ncc2c(C(C)C)c(C)c(C)c(C)c2n1. The lowest BCUT2D eigenvalue weighted by Gasteiger charge is -2.18. The summed E-state index contributed by atoms with van der Waals surface area (Å²) in [5.41, 5.74) is 6.54. The molecule has 0 saturated carbocycles. The molecule has 0 radical (unpaired) electrons. The Balaban J connectivity index is 2.98. The van der Waals surface area contributed by atoms with Crippen LogP contribution in [0.2, 0.25) is 0 Å². The molecule has 0 amide bonds. The van der Waals surface area contributed by atoms with Gasteiger partial charge < -0.3 is 0 Å². The second kappa shape index (κ2) is 4.10. The van der Waals surface area contributed by atoms with Gasteiger partial charge in [0.15, 0.2) is 0 Å². The van der Waals surface area contributed by atoms with Crippen molar-refractivity contribution in [3.8, 4) is 0 Å². The van der Waals surface area contributed by atoms with E-state index in [1.54, 1.807) is 0 Å². The van der Waals surface area contributed by atoms with Crippen LogP contribution in [0.3, 0.4) is 0 Å². The minimum Gasteiger partial charge on any atom is -0.241 e. The van der Waals surface area contributed by atoms with Gasteiger partial charge in [-0.25, -0.2) is 9.97 Å². The molecule has 17 heavy (non-hydrogen) atoms. The Morgan fingerprint density at radius 3 is 2.18 bits per heavy atom. The van der Waals surface area contributed by atoms with E-state index < -0.39 is 0 Å². The molecule has 2 nitrogen and oxygen atoms in total. The highest BCUT2D eigenvalue weighted by Crippen LogP contribution is 2.32. The highest BCUT2D eigenvalue weighted by molar-refractivity contribution is 5.87. The Hall–Kier alpha value is -1.44. The summed E-state index contributed by atoms with van der Waals surface area (Å²) >= 11 is 0. The van der Waals surface area contributed by atoms with E-state index in [1.807, 2.05) is 13.1 Å². The molecule has 0 bridgehead atoms. The number of hydrogen-bond donors (Lipinski definition) is 0. The summed E-state index contributed by atoms with van der Waals surface area (Å²) in [5, 5.41) is 1.21. The minimum atomic E-state index is 0.503. The van der Waals surface area contributed by atoms with Gasteiger partial charge in [0.05, 0.1) is 5.52 Å². The number of aromatic nitrogens is 2. The van der Waals surface area contributed by atoms with Crippen LogP contribution in [0.1, 0.15) is 47.8 Å². The van der Waals surface area contributed by atoms with Crippen molar-refractivity contribution in [2.45, 2.75) is 47.5 Å². The molecule has 0 fully saturated rings. The Morgan fingerprint density at radius 1 is 0.941 bits per heavy atom. The highest BCUT2D eigenvalue weighted by atomic mass is 14.9. The molecule has 0 saturated heterocycles. The smallest absolute Gasteiger partial charge is 0.125 e. The van der Waals surface area contributed by atoms with Crippen molar-refractivity contribution in [1.29, 1.82) is 0 Å². The molecule has 2 aromatic rings. The topological polar surface area (TPSA) is 25.8 Å². The first-order valence-corrected chi connectivity index (χ1v) is 6.16. The largest absolute Gasteiger partial charge is 0.241 e. The van der Waals surface area contributed by atoms with Gasteiger partial charge in [0.1, 0.15) is 5.82 Å². The number of rotatable bonds is 1. The fourth-order valence-corrected chi connectivity index (χ4v) is 2.56. The van der Waals surface area contributed by atoms with Crippen LogP contribution in [0.25, 0.3) is 10.9 Å². The third-order valence-electron chi connectivity index (χ3n) is 3.66. The Morgan fingerprint density at radius 2 is 1.59 bits per heavy atom. The van der Waals surface area contributed by atoms with Gasteiger partial charge in [0, 0.05) is 11.6 Å². The highest BCUT2D eigenvalue weighted by Gasteiger charge is 2.15. The van der Waals surface area contributed by atoms with Crippen LogP contribution in [0.4, 0.5) is 0 Å². The van der Waals surface area contributed by atoms with Crippen molar-refractivity contribution < 1.29 is 0 Å². The maximum absolute atomic E-state index is 4.61. The van der Waals surface area contributed by atoms with Gasteiger partial charge in [-0.3, -0.25) is 0 Å². The molecule has 1 aromatic heterocycles. The minimum absolute atomic E-state index is 0.503. The lowest BCUT2D eigenvalue weighted by atomic mass is 9.88. The summed E-state index contributed by atoms with van der Waals surface area (Å²) in [6.07, 6.45) is 1.98. The molecule has 2 heteroatoms. The van der Waals surface area contributed by atoms with Gasteiger partial charge in [0.25, 0.3) is 0 Å². The van der Waals surface area contributed by atoms with Gasteiger partial charge in [-0.1, -0.05) is 13.8 Å². The van der Waals surface area contributed by atoms with E-state index in [2.05, 4.69) is 44.6 Å². The fourth-order valence-electron chi connectivity index (χ4n) is 2.56. The first kappa shape index (κ1) is 12.0. The normalized spacial score (nSPS) is 11.5. The standard InChI is InChI=1S/C15H20N2/c1-8(2)14-10(4)9(3)11(5)15-13(14)7-16-12(6)17-15/h7-8H,1-6H3. The summed E-state index contributed by atoms with van der Waals surface area (Å²) in [5.74, 6) is 1.35. The summed E-state index contributed by atoms with van der Waals surface area (Å²) < 4.78 is 0. The van der Waals surface area contributed by atoms with Crippen LogP contribution in [-0.4, -0.2) is 9.97 Å². The number of hydrogen-bond acceptors (Lipinski definition) is 2. The molecule has 0 aliphatic heterocycles. The average molecular weight is 228 g/mol. The first-order valence-electron chi connectivity index (χ1n) is 6.16. The Bertz CT molecular complexity index is 583. The van der Waals surface area contributed by atoms with Gasteiger partial charge in [-0.05, 0) is 55.9 Å². The maximum Gasteiger partial charge on any atom is 0.125 e. The molecule has 0 aliphatic rings. The third-order valence-corrected chi connectivity index (χ3v) is 3.66. The van der Waals surface area contributed by atoms with E-state index >= 15 is 0 Å². The van der Waals surface area contributed by atoms with Gasteiger partial charge >= 0.3 is 0 Å². The summed E-state index contributed by atoms with van der Waals surface area (Å²) in [6, 6.07) is 0. The molecule has 1 heterocycles. The second-order valence-electron chi connectivity index (χ2n) is 5.12. The zero-order chi connectivity index (χ0) is 12.7. The number of aryl methyl sites for hydroxylation is 2. The summed E-state index contributed by atoms with van der Waals surface area (Å²) in [4.78, 5) is 8.96. The Kier molecular flexibility index (Phi) is 2.90. The second-order valence-corrected chi connectivity index (χ2v) is 5.12. The van der Waals surface area contributed by atoms with Crippen molar-refractivity contribution in [2.75, 3.05) is 0 Å². The van der Waals surface area contributed by atoms with E-state index in [1.165, 1.54) is 27.6 Å². The van der Waals surface area contributed by atoms with Crippen molar-refractivity contribution in [3.63, 3.8) is 0 Å². The monoisotopic (exact) mass is 228 g/mol. The zero-order valence-electron chi connectivity index (χ0n) is 11.5. The molecule has 0 atom stereocenters. The van der Waals surface area contributed by atoms with Crippen molar-refractivity contribution in [2.24, 2.45) is 0 Å². The van der Waals surface area contributed by atoms with E-state index in [9.17, 15) is 0 Å². The van der Waals surface area contributed by atoms with Crippen LogP contribution in [0.5, 0.6) is 0 Å². The van der Waals surface area contributed by atoms with Gasteiger partial charge in [0.2, 0.25) is 0 Å². The third kappa shape index (κ3) is 1.82. The summed E-state index contributed by atoms with van der Waals surface area (Å²) in [6.45, 7) is 13.0. The lowest BCUT2D eigenvalue weighted by Crippen LogP contribution is -2.02. The number of benzene rings is 1. The van der Waals surface area contributed by atoms with E-state index in [4.69, 9.17) is 0 Å². The van der Waals surface area contributed by atoms with Crippen LogP contribution in [-0.2, 0) is 0 Å². The van der Waals surface area contributed by atoms with E-state index in [0.29, 0.717) is 5.92 Å². The van der Waals surface area contributed by atoms with Crippen LogP contribution in [0, 0.1) is 27.7 Å². The lowest BCUT2D eigenvalue weighted by molar-refractivity contribution is 0.860. The van der Waals surface area contributed by atoms with Crippen molar-refractivity contribution in [3.05, 3.63) is 34.3 Å². The molecule has 2 rings (SSSR count). The maximum atomic E-state index is 4.61. The van der Waals surface area contributed by atoms with Gasteiger partial charge in [-0.15, -0.1) is 0 Å². The number of fused-ring (bicyclic) bond motifs is 1.